The summed E-state index contributed by atoms with van der Waals surface area (Å²) in [5.74, 6) is 1.01. The van der Waals surface area contributed by atoms with E-state index in [-0.39, 0.29) is 0 Å². The Morgan fingerprint density at radius 2 is 1.79 bits per heavy atom. The van der Waals surface area contributed by atoms with Crippen LogP contribution in [0.15, 0.2) is 0 Å². The lowest BCUT2D eigenvalue weighted by Crippen LogP contribution is -2.53. The maximum absolute atomic E-state index is 5.91. The van der Waals surface area contributed by atoms with Gasteiger partial charge in [-0.05, 0) is 38.0 Å². The van der Waals surface area contributed by atoms with Gasteiger partial charge in [0.15, 0.2) is 0 Å². The van der Waals surface area contributed by atoms with E-state index in [9.17, 15) is 0 Å². The molecule has 1 aliphatic carbocycles. The Morgan fingerprint density at radius 1 is 1.14 bits per heavy atom. The molecule has 0 atom stereocenters. The summed E-state index contributed by atoms with van der Waals surface area (Å²) in [4.78, 5) is 2.69. The van der Waals surface area contributed by atoms with Crippen molar-refractivity contribution in [3.63, 3.8) is 0 Å². The molecule has 2 N–H and O–H groups in total. The van der Waals surface area contributed by atoms with Crippen LogP contribution in [0.25, 0.3) is 0 Å². The lowest BCUT2D eigenvalue weighted by molar-refractivity contribution is 0.0289. The van der Waals surface area contributed by atoms with Gasteiger partial charge in [0, 0.05) is 25.2 Å². The van der Waals surface area contributed by atoms with E-state index in [0.717, 1.165) is 12.0 Å². The van der Waals surface area contributed by atoms with Gasteiger partial charge >= 0.3 is 0 Å². The van der Waals surface area contributed by atoms with Gasteiger partial charge in [0.2, 0.25) is 0 Å². The van der Waals surface area contributed by atoms with Crippen LogP contribution >= 0.6 is 0 Å². The molecule has 2 nitrogen and oxygen atoms in total. The van der Waals surface area contributed by atoms with E-state index in [0.29, 0.717) is 6.04 Å². The van der Waals surface area contributed by atoms with E-state index in [1.165, 1.54) is 51.6 Å². The molecule has 82 valence electrons. The Kier molecular flexibility index (Phi) is 3.45. The monoisotopic (exact) mass is 196 g/mol. The summed E-state index contributed by atoms with van der Waals surface area (Å²) in [7, 11) is 0. The van der Waals surface area contributed by atoms with Gasteiger partial charge in [-0.15, -0.1) is 0 Å². The van der Waals surface area contributed by atoms with Gasteiger partial charge in [0.1, 0.15) is 0 Å². The highest BCUT2D eigenvalue weighted by atomic mass is 15.2. The van der Waals surface area contributed by atoms with Crippen molar-refractivity contribution in [3.8, 4) is 0 Å². The molecule has 1 aliphatic heterocycles. The summed E-state index contributed by atoms with van der Waals surface area (Å²) in [5, 5.41) is 0. The zero-order chi connectivity index (χ0) is 9.97. The number of likely N-dealkylation sites (tertiary alicyclic amines) is 1. The zero-order valence-electron chi connectivity index (χ0n) is 9.41. The number of nitrogens with zero attached hydrogens (tertiary/aromatic N) is 1. The van der Waals surface area contributed by atoms with E-state index < -0.39 is 0 Å². The van der Waals surface area contributed by atoms with Crippen molar-refractivity contribution in [1.29, 1.82) is 0 Å². The first kappa shape index (κ1) is 10.4. The highest BCUT2D eigenvalue weighted by Gasteiger charge is 2.33. The van der Waals surface area contributed by atoms with Crippen molar-refractivity contribution in [3.05, 3.63) is 0 Å². The van der Waals surface area contributed by atoms with Gasteiger partial charge in [-0.25, -0.2) is 0 Å². The standard InChI is InChI=1S/C12H24N2/c1-2-3-10-8-14(9-10)12-6-4-11(13)5-7-12/h10-12H,2-9,13H2,1H3. The molecule has 0 bridgehead atoms. The van der Waals surface area contributed by atoms with E-state index in [2.05, 4.69) is 11.8 Å². The second-order valence-corrected chi connectivity index (χ2v) is 5.18. The SMILES string of the molecule is CCCC1CN(C2CCC(N)CC2)C1. The van der Waals surface area contributed by atoms with Gasteiger partial charge in [-0.1, -0.05) is 13.3 Å². The van der Waals surface area contributed by atoms with Gasteiger partial charge in [0.05, 0.1) is 0 Å². The second kappa shape index (κ2) is 4.63. The first-order valence-corrected chi connectivity index (χ1v) is 6.29. The third kappa shape index (κ3) is 2.29. The fraction of sp³-hybridized carbons (Fsp3) is 1.00. The Labute approximate surface area is 87.8 Å². The predicted octanol–water partition coefficient (Wildman–Crippen LogP) is 1.99. The number of rotatable bonds is 3. The zero-order valence-corrected chi connectivity index (χ0v) is 9.41. The molecule has 14 heavy (non-hydrogen) atoms. The van der Waals surface area contributed by atoms with E-state index in [1.54, 1.807) is 0 Å². The third-order valence-corrected chi connectivity index (χ3v) is 3.94. The normalized spacial score (nSPS) is 35.6. The molecule has 1 saturated heterocycles. The molecule has 2 aliphatic rings. The quantitative estimate of drug-likeness (QED) is 0.748. The molecule has 1 heterocycles. The summed E-state index contributed by atoms with van der Waals surface area (Å²) >= 11 is 0. The molecule has 2 fully saturated rings. The number of hydrogen-bond donors (Lipinski definition) is 1. The van der Waals surface area contributed by atoms with Crippen molar-refractivity contribution >= 4 is 0 Å². The van der Waals surface area contributed by atoms with Crippen molar-refractivity contribution < 1.29 is 0 Å². The highest BCUT2D eigenvalue weighted by molar-refractivity contribution is 4.88. The first-order valence-electron chi connectivity index (χ1n) is 6.29. The van der Waals surface area contributed by atoms with Crippen LogP contribution in [-0.4, -0.2) is 30.1 Å². The fourth-order valence-corrected chi connectivity index (χ4v) is 2.97. The van der Waals surface area contributed by atoms with Crippen LogP contribution < -0.4 is 5.73 Å². The summed E-state index contributed by atoms with van der Waals surface area (Å²) in [6, 6.07) is 1.38. The summed E-state index contributed by atoms with van der Waals surface area (Å²) in [6.07, 6.45) is 7.98. The second-order valence-electron chi connectivity index (χ2n) is 5.18. The predicted molar refractivity (Wildman–Crippen MR) is 60.2 cm³/mol. The third-order valence-electron chi connectivity index (χ3n) is 3.94. The molecule has 0 radical (unpaired) electrons. The lowest BCUT2D eigenvalue weighted by atomic mass is 9.86. The first-order chi connectivity index (χ1) is 6.79. The molecule has 0 unspecified atom stereocenters. The number of hydrogen-bond acceptors (Lipinski definition) is 2. The Balaban J connectivity index is 1.67. The van der Waals surface area contributed by atoms with Crippen LogP contribution in [-0.2, 0) is 0 Å². The van der Waals surface area contributed by atoms with Crippen LogP contribution in [0.3, 0.4) is 0 Å². The van der Waals surface area contributed by atoms with Crippen molar-refractivity contribution in [2.75, 3.05) is 13.1 Å². The average molecular weight is 196 g/mol. The Hall–Kier alpha value is -0.0800. The van der Waals surface area contributed by atoms with E-state index in [4.69, 9.17) is 5.73 Å². The van der Waals surface area contributed by atoms with Crippen LogP contribution in [0.4, 0.5) is 0 Å². The average Bonchev–Trinajstić information content (AvgIpc) is 2.13. The molecule has 0 spiro atoms. The van der Waals surface area contributed by atoms with Gasteiger partial charge in [-0.2, -0.15) is 0 Å². The molecule has 0 amide bonds. The van der Waals surface area contributed by atoms with E-state index >= 15 is 0 Å². The maximum atomic E-state index is 5.91. The minimum absolute atomic E-state index is 0.499. The highest BCUT2D eigenvalue weighted by Crippen LogP contribution is 2.29. The molecule has 0 aromatic carbocycles. The molecule has 2 heteroatoms. The minimum Gasteiger partial charge on any atom is -0.328 e. The smallest absolute Gasteiger partial charge is 0.00966 e. The van der Waals surface area contributed by atoms with Crippen molar-refractivity contribution in [2.24, 2.45) is 11.7 Å². The number of nitrogens with two attached hydrogens (primary N) is 1. The summed E-state index contributed by atoms with van der Waals surface area (Å²) < 4.78 is 0. The van der Waals surface area contributed by atoms with Crippen LogP contribution in [0.5, 0.6) is 0 Å². The lowest BCUT2D eigenvalue weighted by Gasteiger charge is -2.46. The minimum atomic E-state index is 0.499. The Morgan fingerprint density at radius 3 is 2.36 bits per heavy atom. The topological polar surface area (TPSA) is 29.3 Å². The van der Waals surface area contributed by atoms with E-state index in [1.807, 2.05) is 0 Å². The fourth-order valence-electron chi connectivity index (χ4n) is 2.97. The van der Waals surface area contributed by atoms with Crippen molar-refractivity contribution in [1.82, 2.24) is 4.90 Å². The van der Waals surface area contributed by atoms with Gasteiger partial charge in [0.25, 0.3) is 0 Å². The van der Waals surface area contributed by atoms with Crippen LogP contribution in [0.1, 0.15) is 45.4 Å². The van der Waals surface area contributed by atoms with Gasteiger partial charge < -0.3 is 5.73 Å². The van der Waals surface area contributed by atoms with Crippen LogP contribution in [0, 0.1) is 5.92 Å². The van der Waals surface area contributed by atoms with Gasteiger partial charge in [-0.3, -0.25) is 4.90 Å². The maximum Gasteiger partial charge on any atom is 0.00966 e. The largest absolute Gasteiger partial charge is 0.328 e. The summed E-state index contributed by atoms with van der Waals surface area (Å²) in [6.45, 7) is 5.03. The Bertz CT molecular complexity index is 167. The molecular weight excluding hydrogens is 172 g/mol. The molecule has 2 rings (SSSR count). The molecular formula is C12H24N2. The molecule has 0 aromatic heterocycles. The van der Waals surface area contributed by atoms with Crippen molar-refractivity contribution in [2.45, 2.75) is 57.5 Å². The van der Waals surface area contributed by atoms with Crippen LogP contribution in [0.2, 0.25) is 0 Å². The molecule has 1 saturated carbocycles. The summed E-state index contributed by atoms with van der Waals surface area (Å²) in [5.41, 5.74) is 5.91. The molecule has 0 aromatic rings.